The third kappa shape index (κ3) is 3.76. The van der Waals surface area contributed by atoms with Crippen LogP contribution >= 0.6 is 11.6 Å². The molecule has 0 aromatic heterocycles. The molecule has 0 aliphatic rings. The summed E-state index contributed by atoms with van der Waals surface area (Å²) in [6, 6.07) is 8.81. The van der Waals surface area contributed by atoms with E-state index in [1.807, 2.05) is 0 Å². The van der Waals surface area contributed by atoms with Crippen molar-refractivity contribution in [3.8, 4) is 5.75 Å². The average Bonchev–Trinajstić information content (AvgIpc) is 2.45. The van der Waals surface area contributed by atoms with Crippen molar-refractivity contribution in [3.63, 3.8) is 0 Å². The molecule has 5 nitrogen and oxygen atoms in total. The molecule has 0 heterocycles. The van der Waals surface area contributed by atoms with Gasteiger partial charge in [0.15, 0.2) is 12.4 Å². The Labute approximate surface area is 124 Å². The molecule has 2 aromatic rings. The standard InChI is InChI=1S/C14H9ClFNO4/c15-12-5-4-11(17(19)20)7-14(12)21-8-13(18)9-2-1-3-10(16)6-9/h1-7H,8H2. The van der Waals surface area contributed by atoms with Crippen LogP contribution in [0.5, 0.6) is 5.75 Å². The summed E-state index contributed by atoms with van der Waals surface area (Å²) in [6.45, 7) is -0.398. The molecule has 0 amide bonds. The zero-order valence-corrected chi connectivity index (χ0v) is 11.3. The van der Waals surface area contributed by atoms with E-state index >= 15 is 0 Å². The molecule has 7 heteroatoms. The Morgan fingerprint density at radius 2 is 2.05 bits per heavy atom. The molecular weight excluding hydrogens is 301 g/mol. The van der Waals surface area contributed by atoms with Crippen LogP contribution in [-0.2, 0) is 0 Å². The van der Waals surface area contributed by atoms with Gasteiger partial charge in [0.1, 0.15) is 11.6 Å². The van der Waals surface area contributed by atoms with Gasteiger partial charge in [-0.1, -0.05) is 23.7 Å². The van der Waals surface area contributed by atoms with Gasteiger partial charge >= 0.3 is 0 Å². The van der Waals surface area contributed by atoms with Gasteiger partial charge in [-0.05, 0) is 18.2 Å². The lowest BCUT2D eigenvalue weighted by atomic mass is 10.1. The minimum absolute atomic E-state index is 0.0237. The summed E-state index contributed by atoms with van der Waals surface area (Å²) >= 11 is 5.84. The van der Waals surface area contributed by atoms with Crippen molar-refractivity contribution in [3.05, 3.63) is 69.0 Å². The predicted octanol–water partition coefficient (Wildman–Crippen LogP) is 3.65. The van der Waals surface area contributed by atoms with Crippen LogP contribution in [0.15, 0.2) is 42.5 Å². The number of ketones is 1. The molecule has 0 radical (unpaired) electrons. The van der Waals surface area contributed by atoms with Gasteiger partial charge < -0.3 is 4.74 Å². The van der Waals surface area contributed by atoms with E-state index in [0.29, 0.717) is 0 Å². The summed E-state index contributed by atoms with van der Waals surface area (Å²) in [6.07, 6.45) is 0. The Kier molecular flexibility index (Phi) is 4.49. The van der Waals surface area contributed by atoms with Gasteiger partial charge in [-0.25, -0.2) is 4.39 Å². The lowest BCUT2D eigenvalue weighted by Crippen LogP contribution is -2.12. The van der Waals surface area contributed by atoms with Crippen LogP contribution in [0.3, 0.4) is 0 Å². The smallest absolute Gasteiger partial charge is 0.273 e. The Hall–Kier alpha value is -2.47. The summed E-state index contributed by atoms with van der Waals surface area (Å²) in [5.41, 5.74) is -0.0517. The highest BCUT2D eigenvalue weighted by Crippen LogP contribution is 2.28. The first-order valence-corrected chi connectivity index (χ1v) is 6.20. The monoisotopic (exact) mass is 309 g/mol. The van der Waals surface area contributed by atoms with E-state index in [9.17, 15) is 19.3 Å². The molecule has 0 bridgehead atoms. The Balaban J connectivity index is 2.11. The van der Waals surface area contributed by atoms with Gasteiger partial charge in [0, 0.05) is 11.6 Å². The molecule has 2 rings (SSSR count). The van der Waals surface area contributed by atoms with Crippen molar-refractivity contribution in [2.45, 2.75) is 0 Å². The normalized spacial score (nSPS) is 10.2. The van der Waals surface area contributed by atoms with E-state index in [4.69, 9.17) is 16.3 Å². The first kappa shape index (κ1) is 14.9. The number of ether oxygens (including phenoxy) is 1. The lowest BCUT2D eigenvalue weighted by molar-refractivity contribution is -0.384. The SMILES string of the molecule is O=C(COc1cc([N+](=O)[O-])ccc1Cl)c1cccc(F)c1. The van der Waals surface area contributed by atoms with Crippen LogP contribution in [0, 0.1) is 15.9 Å². The van der Waals surface area contributed by atoms with E-state index in [0.717, 1.165) is 12.1 Å². The van der Waals surface area contributed by atoms with Gasteiger partial charge in [-0.2, -0.15) is 0 Å². The van der Waals surface area contributed by atoms with E-state index in [2.05, 4.69) is 0 Å². The summed E-state index contributed by atoms with van der Waals surface area (Å²) < 4.78 is 18.2. The number of carbonyl (C=O) groups is 1. The van der Waals surface area contributed by atoms with E-state index < -0.39 is 23.1 Å². The van der Waals surface area contributed by atoms with Gasteiger partial charge in [0.2, 0.25) is 0 Å². The van der Waals surface area contributed by atoms with Crippen LogP contribution in [-0.4, -0.2) is 17.3 Å². The van der Waals surface area contributed by atoms with Crippen molar-refractivity contribution in [1.29, 1.82) is 0 Å². The van der Waals surface area contributed by atoms with Crippen molar-refractivity contribution in [2.75, 3.05) is 6.61 Å². The topological polar surface area (TPSA) is 69.4 Å². The lowest BCUT2D eigenvalue weighted by Gasteiger charge is -2.07. The van der Waals surface area contributed by atoms with Crippen LogP contribution in [0.2, 0.25) is 5.02 Å². The summed E-state index contributed by atoms with van der Waals surface area (Å²) in [5.74, 6) is -0.970. The van der Waals surface area contributed by atoms with Crippen molar-refractivity contribution in [2.24, 2.45) is 0 Å². The number of nitro benzene ring substituents is 1. The molecule has 0 atom stereocenters. The molecule has 2 aromatic carbocycles. The first-order valence-electron chi connectivity index (χ1n) is 5.83. The summed E-state index contributed by atoms with van der Waals surface area (Å²) in [4.78, 5) is 21.9. The number of rotatable bonds is 5. The molecule has 0 unspecified atom stereocenters. The maximum Gasteiger partial charge on any atom is 0.273 e. The number of nitrogens with zero attached hydrogens (tertiary/aromatic N) is 1. The van der Waals surface area contributed by atoms with Crippen molar-refractivity contribution < 1.29 is 18.8 Å². The number of nitro groups is 1. The highest BCUT2D eigenvalue weighted by Gasteiger charge is 2.13. The number of carbonyl (C=O) groups excluding carboxylic acids is 1. The highest BCUT2D eigenvalue weighted by molar-refractivity contribution is 6.32. The Bertz CT molecular complexity index is 705. The number of halogens is 2. The fourth-order valence-corrected chi connectivity index (χ4v) is 1.78. The molecular formula is C14H9ClFNO4. The second-order valence-corrected chi connectivity index (χ2v) is 4.50. The molecule has 0 aliphatic heterocycles. The number of Topliss-reactive ketones (excluding diaryl/α,β-unsaturated/α-hetero) is 1. The van der Waals surface area contributed by atoms with Gasteiger partial charge in [0.25, 0.3) is 5.69 Å². The van der Waals surface area contributed by atoms with Gasteiger partial charge in [-0.15, -0.1) is 0 Å². The zero-order valence-electron chi connectivity index (χ0n) is 10.6. The third-order valence-electron chi connectivity index (χ3n) is 2.63. The van der Waals surface area contributed by atoms with E-state index in [1.165, 1.54) is 30.3 Å². The second kappa shape index (κ2) is 6.32. The maximum atomic E-state index is 13.0. The molecule has 0 aliphatic carbocycles. The largest absolute Gasteiger partial charge is 0.484 e. The average molecular weight is 310 g/mol. The fraction of sp³-hybridized carbons (Fsp3) is 0.0714. The second-order valence-electron chi connectivity index (χ2n) is 4.09. The molecule has 0 fully saturated rings. The van der Waals surface area contributed by atoms with Gasteiger partial charge in [0.05, 0.1) is 16.0 Å². The van der Waals surface area contributed by atoms with Gasteiger partial charge in [-0.3, -0.25) is 14.9 Å². The van der Waals surface area contributed by atoms with Crippen LogP contribution in [0.25, 0.3) is 0 Å². The minimum atomic E-state index is -0.600. The van der Waals surface area contributed by atoms with Crippen LogP contribution in [0.4, 0.5) is 10.1 Å². The van der Waals surface area contributed by atoms with Crippen LogP contribution in [0.1, 0.15) is 10.4 Å². The molecule has 0 saturated heterocycles. The number of hydrogen-bond donors (Lipinski definition) is 0. The number of benzene rings is 2. The van der Waals surface area contributed by atoms with E-state index in [1.54, 1.807) is 0 Å². The maximum absolute atomic E-state index is 13.0. The molecule has 0 saturated carbocycles. The molecule has 0 spiro atoms. The first-order chi connectivity index (χ1) is 9.97. The summed E-state index contributed by atoms with van der Waals surface area (Å²) in [7, 11) is 0. The molecule has 108 valence electrons. The van der Waals surface area contributed by atoms with E-state index in [-0.39, 0.29) is 22.0 Å². The van der Waals surface area contributed by atoms with Crippen LogP contribution < -0.4 is 4.74 Å². The number of non-ortho nitro benzene ring substituents is 1. The fourth-order valence-electron chi connectivity index (χ4n) is 1.60. The number of hydrogen-bond acceptors (Lipinski definition) is 4. The van der Waals surface area contributed by atoms with Crippen molar-refractivity contribution in [1.82, 2.24) is 0 Å². The highest BCUT2D eigenvalue weighted by atomic mass is 35.5. The predicted molar refractivity (Wildman–Crippen MR) is 74.3 cm³/mol. The Morgan fingerprint density at radius 1 is 1.29 bits per heavy atom. The third-order valence-corrected chi connectivity index (χ3v) is 2.94. The van der Waals surface area contributed by atoms with Crippen molar-refractivity contribution >= 4 is 23.1 Å². The molecule has 21 heavy (non-hydrogen) atoms. The minimum Gasteiger partial charge on any atom is -0.484 e. The Morgan fingerprint density at radius 3 is 2.71 bits per heavy atom. The quantitative estimate of drug-likeness (QED) is 0.480. The molecule has 0 N–H and O–H groups in total. The summed E-state index contributed by atoms with van der Waals surface area (Å²) in [5, 5.41) is 10.8. The zero-order chi connectivity index (χ0) is 15.4.